The molecule has 1 heterocycles. The van der Waals surface area contributed by atoms with Crippen LogP contribution in [0.25, 0.3) is 0 Å². The third-order valence-electron chi connectivity index (χ3n) is 2.31. The van der Waals surface area contributed by atoms with Crippen LogP contribution in [0.1, 0.15) is 6.92 Å². The van der Waals surface area contributed by atoms with E-state index < -0.39 is 4.92 Å². The maximum Gasteiger partial charge on any atom is 0.335 e. The minimum Gasteiger partial charge on any atom is -0.497 e. The van der Waals surface area contributed by atoms with Gasteiger partial charge in [-0.25, -0.2) is 4.79 Å². The molecule has 104 valence electrons. The highest BCUT2D eigenvalue weighted by Crippen LogP contribution is 2.16. The molecule has 0 amide bonds. The summed E-state index contributed by atoms with van der Waals surface area (Å²) in [5.41, 5.74) is 0.0748. The summed E-state index contributed by atoms with van der Waals surface area (Å²) >= 11 is 0. The highest BCUT2D eigenvalue weighted by Gasteiger charge is 2.18. The average Bonchev–Trinajstić information content (AvgIpc) is 2.43. The molecular formula is C12H15NO6. The van der Waals surface area contributed by atoms with Gasteiger partial charge in [0.05, 0.1) is 18.6 Å². The first-order chi connectivity index (χ1) is 9.04. The zero-order valence-corrected chi connectivity index (χ0v) is 10.7. The van der Waals surface area contributed by atoms with Gasteiger partial charge in [-0.2, -0.15) is 0 Å². The van der Waals surface area contributed by atoms with Crippen LogP contribution in [-0.2, 0) is 14.3 Å². The van der Waals surface area contributed by atoms with Crippen LogP contribution in [0.2, 0.25) is 0 Å². The Morgan fingerprint density at radius 2 is 1.95 bits per heavy atom. The predicted molar refractivity (Wildman–Crippen MR) is 66.0 cm³/mol. The Kier molecular flexibility index (Phi) is 5.74. The van der Waals surface area contributed by atoms with Crippen molar-refractivity contribution in [3.63, 3.8) is 0 Å². The van der Waals surface area contributed by atoms with Crippen LogP contribution in [0.4, 0.5) is 5.69 Å². The zero-order chi connectivity index (χ0) is 14.3. The van der Waals surface area contributed by atoms with Crippen molar-refractivity contribution in [3.05, 3.63) is 34.4 Å². The number of hydrogen-bond acceptors (Lipinski definition) is 6. The molecule has 0 unspecified atom stereocenters. The molecule has 0 saturated carbocycles. The molecule has 0 radical (unpaired) electrons. The largest absolute Gasteiger partial charge is 0.497 e. The predicted octanol–water partition coefficient (Wildman–Crippen LogP) is 1.55. The van der Waals surface area contributed by atoms with Crippen molar-refractivity contribution in [1.29, 1.82) is 0 Å². The monoisotopic (exact) mass is 269 g/mol. The molecular weight excluding hydrogens is 254 g/mol. The zero-order valence-electron chi connectivity index (χ0n) is 10.7. The number of methoxy groups -OCH3 is 1. The lowest BCUT2D eigenvalue weighted by molar-refractivity contribution is -0.384. The number of nitro groups is 1. The van der Waals surface area contributed by atoms with Gasteiger partial charge in [0.15, 0.2) is 6.10 Å². The lowest BCUT2D eigenvalue weighted by Crippen LogP contribution is -2.31. The number of esters is 1. The Bertz CT molecular complexity index is 430. The number of nitro benzene ring substituents is 1. The molecule has 1 fully saturated rings. The van der Waals surface area contributed by atoms with Crippen LogP contribution in [0.15, 0.2) is 24.3 Å². The van der Waals surface area contributed by atoms with E-state index in [1.165, 1.54) is 19.2 Å². The molecule has 1 aliphatic heterocycles. The quantitative estimate of drug-likeness (QED) is 0.460. The first-order valence-corrected chi connectivity index (χ1v) is 5.61. The molecule has 0 aliphatic carbocycles. The van der Waals surface area contributed by atoms with Crippen LogP contribution in [0.5, 0.6) is 5.75 Å². The maximum absolute atomic E-state index is 10.4. The lowest BCUT2D eigenvalue weighted by Gasteiger charge is -2.17. The van der Waals surface area contributed by atoms with Crippen molar-refractivity contribution in [1.82, 2.24) is 0 Å². The topological polar surface area (TPSA) is 87.9 Å². The molecule has 1 aromatic carbocycles. The van der Waals surface area contributed by atoms with E-state index in [1.807, 2.05) is 0 Å². The van der Waals surface area contributed by atoms with Gasteiger partial charge in [-0.3, -0.25) is 10.1 Å². The van der Waals surface area contributed by atoms with Crippen LogP contribution in [0, 0.1) is 10.1 Å². The molecule has 19 heavy (non-hydrogen) atoms. The SMILES string of the molecule is COc1ccc([N+](=O)[O-])cc1.C[C@@H]1OCCOC1=O. The Morgan fingerprint density at radius 1 is 1.32 bits per heavy atom. The van der Waals surface area contributed by atoms with Crippen LogP contribution in [0.3, 0.4) is 0 Å². The molecule has 1 atom stereocenters. The first kappa shape index (κ1) is 14.9. The molecule has 0 spiro atoms. The third-order valence-corrected chi connectivity index (χ3v) is 2.31. The molecule has 0 aromatic heterocycles. The summed E-state index contributed by atoms with van der Waals surface area (Å²) < 4.78 is 14.4. The van der Waals surface area contributed by atoms with E-state index in [1.54, 1.807) is 19.1 Å². The van der Waals surface area contributed by atoms with E-state index in [0.29, 0.717) is 19.0 Å². The number of carbonyl (C=O) groups is 1. The number of carbonyl (C=O) groups excluding carboxylic acids is 1. The van der Waals surface area contributed by atoms with Gasteiger partial charge >= 0.3 is 5.97 Å². The minimum absolute atomic E-state index is 0.0748. The van der Waals surface area contributed by atoms with Crippen molar-refractivity contribution in [2.75, 3.05) is 20.3 Å². The van der Waals surface area contributed by atoms with Gasteiger partial charge in [0.25, 0.3) is 5.69 Å². The van der Waals surface area contributed by atoms with E-state index in [9.17, 15) is 14.9 Å². The smallest absolute Gasteiger partial charge is 0.335 e. The molecule has 1 saturated heterocycles. The van der Waals surface area contributed by atoms with Gasteiger partial charge in [0.2, 0.25) is 0 Å². The van der Waals surface area contributed by atoms with Gasteiger partial charge in [0.1, 0.15) is 12.4 Å². The molecule has 0 bridgehead atoms. The highest BCUT2D eigenvalue weighted by molar-refractivity contribution is 5.74. The standard InChI is InChI=1S/C7H7NO3.C5H8O3/c1-11-7-4-2-6(3-5-7)8(9)10;1-4-5(6)8-3-2-7-4/h2-5H,1H3;4H,2-3H2,1H3/t;4-/m.0/s1. The lowest BCUT2D eigenvalue weighted by atomic mass is 10.3. The summed E-state index contributed by atoms with van der Waals surface area (Å²) in [4.78, 5) is 20.2. The van der Waals surface area contributed by atoms with Gasteiger partial charge < -0.3 is 14.2 Å². The average molecular weight is 269 g/mol. The van der Waals surface area contributed by atoms with Gasteiger partial charge in [-0.05, 0) is 19.1 Å². The van der Waals surface area contributed by atoms with Crippen LogP contribution >= 0.6 is 0 Å². The Labute approximate surface area is 110 Å². The van der Waals surface area contributed by atoms with Crippen molar-refractivity contribution in [3.8, 4) is 5.75 Å². The summed E-state index contributed by atoms with van der Waals surface area (Å²) in [6.07, 6.45) is -0.358. The molecule has 2 rings (SSSR count). The van der Waals surface area contributed by atoms with Crippen molar-refractivity contribution < 1.29 is 23.9 Å². The third kappa shape index (κ3) is 4.92. The van der Waals surface area contributed by atoms with Crippen LogP contribution in [-0.4, -0.2) is 37.3 Å². The van der Waals surface area contributed by atoms with Crippen LogP contribution < -0.4 is 4.74 Å². The highest BCUT2D eigenvalue weighted by atomic mass is 16.6. The number of hydrogen-bond donors (Lipinski definition) is 0. The van der Waals surface area contributed by atoms with Gasteiger partial charge in [-0.1, -0.05) is 0 Å². The summed E-state index contributed by atoms with van der Waals surface area (Å²) in [6.45, 7) is 2.62. The fourth-order valence-electron chi connectivity index (χ4n) is 1.26. The minimum atomic E-state index is -0.445. The summed E-state index contributed by atoms with van der Waals surface area (Å²) in [5.74, 6) is 0.367. The van der Waals surface area contributed by atoms with Gasteiger partial charge in [0, 0.05) is 12.1 Å². The second-order valence-electron chi connectivity index (χ2n) is 3.64. The van der Waals surface area contributed by atoms with E-state index in [2.05, 4.69) is 4.74 Å². The Balaban J connectivity index is 0.000000200. The number of benzene rings is 1. The first-order valence-electron chi connectivity index (χ1n) is 5.61. The molecule has 1 aromatic rings. The van der Waals surface area contributed by atoms with E-state index in [0.717, 1.165) is 0 Å². The number of cyclic esters (lactones) is 1. The molecule has 7 nitrogen and oxygen atoms in total. The number of non-ortho nitro benzene ring substituents is 1. The Morgan fingerprint density at radius 3 is 2.32 bits per heavy atom. The fourth-order valence-corrected chi connectivity index (χ4v) is 1.26. The number of nitrogens with zero attached hydrogens (tertiary/aromatic N) is 1. The summed E-state index contributed by atoms with van der Waals surface area (Å²) in [6, 6.07) is 5.91. The van der Waals surface area contributed by atoms with E-state index in [-0.39, 0.29) is 17.8 Å². The molecule has 1 aliphatic rings. The second kappa shape index (κ2) is 7.32. The summed E-state index contributed by atoms with van der Waals surface area (Å²) in [7, 11) is 1.52. The number of ether oxygens (including phenoxy) is 3. The normalized spacial score (nSPS) is 17.8. The molecule has 0 N–H and O–H groups in total. The Hall–Kier alpha value is -2.15. The maximum atomic E-state index is 10.4. The fraction of sp³-hybridized carbons (Fsp3) is 0.417. The summed E-state index contributed by atoms with van der Waals surface area (Å²) in [5, 5.41) is 10.2. The van der Waals surface area contributed by atoms with E-state index in [4.69, 9.17) is 9.47 Å². The van der Waals surface area contributed by atoms with Gasteiger partial charge in [-0.15, -0.1) is 0 Å². The second-order valence-corrected chi connectivity index (χ2v) is 3.64. The van der Waals surface area contributed by atoms with Crippen molar-refractivity contribution in [2.24, 2.45) is 0 Å². The molecule has 7 heteroatoms. The number of rotatable bonds is 2. The van der Waals surface area contributed by atoms with E-state index >= 15 is 0 Å². The van der Waals surface area contributed by atoms with Crippen molar-refractivity contribution >= 4 is 11.7 Å². The van der Waals surface area contributed by atoms with Crippen molar-refractivity contribution in [2.45, 2.75) is 13.0 Å².